The van der Waals surface area contributed by atoms with Crippen LogP contribution >= 0.6 is 0 Å². The number of rotatable bonds is 4. The van der Waals surface area contributed by atoms with Gasteiger partial charge in [-0.3, -0.25) is 4.79 Å². The summed E-state index contributed by atoms with van der Waals surface area (Å²) in [6.45, 7) is 1.69. The Kier molecular flexibility index (Phi) is 2.68. The van der Waals surface area contributed by atoms with E-state index in [0.29, 0.717) is 11.5 Å². The minimum Gasteiger partial charge on any atom is -0.477 e. The SMILES string of the molecule is Cc1cc(C(=O)O)nc(CC(=O)C2CC2)n1. The molecule has 1 aliphatic rings. The summed E-state index contributed by atoms with van der Waals surface area (Å²) in [4.78, 5) is 30.2. The number of carbonyl (C=O) groups excluding carboxylic acids is 1. The third-order valence-corrected chi connectivity index (χ3v) is 2.48. The quantitative estimate of drug-likeness (QED) is 0.818. The topological polar surface area (TPSA) is 80.1 Å². The number of hydrogen-bond donors (Lipinski definition) is 1. The number of aromatic carboxylic acids is 1. The molecule has 1 N–H and O–H groups in total. The highest BCUT2D eigenvalue weighted by Crippen LogP contribution is 2.30. The lowest BCUT2D eigenvalue weighted by molar-refractivity contribution is -0.119. The molecule has 0 aliphatic heterocycles. The molecule has 0 spiro atoms. The maximum absolute atomic E-state index is 11.5. The Morgan fingerprint density at radius 1 is 1.44 bits per heavy atom. The van der Waals surface area contributed by atoms with Crippen molar-refractivity contribution in [3.63, 3.8) is 0 Å². The summed E-state index contributed by atoms with van der Waals surface area (Å²) in [5.41, 5.74) is 0.525. The van der Waals surface area contributed by atoms with E-state index in [2.05, 4.69) is 9.97 Å². The number of hydrogen-bond acceptors (Lipinski definition) is 4. The average molecular weight is 220 g/mol. The molecule has 5 heteroatoms. The van der Waals surface area contributed by atoms with Crippen LogP contribution in [0.15, 0.2) is 6.07 Å². The summed E-state index contributed by atoms with van der Waals surface area (Å²) < 4.78 is 0. The number of carboxylic acid groups (broad SMARTS) is 1. The fourth-order valence-corrected chi connectivity index (χ4v) is 1.52. The molecular weight excluding hydrogens is 208 g/mol. The predicted octanol–water partition coefficient (Wildman–Crippen LogP) is 1.00. The van der Waals surface area contributed by atoms with Crippen LogP contribution in [0.2, 0.25) is 0 Å². The molecule has 0 radical (unpaired) electrons. The molecule has 5 nitrogen and oxygen atoms in total. The van der Waals surface area contributed by atoms with Crippen molar-refractivity contribution >= 4 is 11.8 Å². The summed E-state index contributed by atoms with van der Waals surface area (Å²) in [5.74, 6) is -0.515. The highest BCUT2D eigenvalue weighted by atomic mass is 16.4. The first-order valence-corrected chi connectivity index (χ1v) is 5.17. The van der Waals surface area contributed by atoms with Crippen molar-refractivity contribution in [1.29, 1.82) is 0 Å². The fraction of sp³-hybridized carbons (Fsp3) is 0.455. The Hall–Kier alpha value is -1.78. The van der Waals surface area contributed by atoms with Gasteiger partial charge in [-0.2, -0.15) is 0 Å². The van der Waals surface area contributed by atoms with Crippen LogP contribution in [0.5, 0.6) is 0 Å². The number of ketones is 1. The van der Waals surface area contributed by atoms with Gasteiger partial charge in [0.2, 0.25) is 0 Å². The van der Waals surface area contributed by atoms with E-state index >= 15 is 0 Å². The highest BCUT2D eigenvalue weighted by Gasteiger charge is 2.29. The van der Waals surface area contributed by atoms with E-state index in [-0.39, 0.29) is 23.8 Å². The van der Waals surface area contributed by atoms with Crippen LogP contribution in [-0.4, -0.2) is 26.8 Å². The summed E-state index contributed by atoms with van der Waals surface area (Å²) >= 11 is 0. The minimum atomic E-state index is -1.09. The monoisotopic (exact) mass is 220 g/mol. The Morgan fingerprint density at radius 3 is 2.69 bits per heavy atom. The van der Waals surface area contributed by atoms with E-state index in [9.17, 15) is 9.59 Å². The molecule has 0 unspecified atom stereocenters. The third kappa shape index (κ3) is 2.42. The number of carboxylic acids is 1. The van der Waals surface area contributed by atoms with Crippen molar-refractivity contribution in [2.24, 2.45) is 5.92 Å². The fourth-order valence-electron chi connectivity index (χ4n) is 1.52. The zero-order valence-corrected chi connectivity index (χ0v) is 8.93. The van der Waals surface area contributed by atoms with Crippen molar-refractivity contribution in [2.75, 3.05) is 0 Å². The Labute approximate surface area is 92.5 Å². The van der Waals surface area contributed by atoms with Gasteiger partial charge in [-0.05, 0) is 25.8 Å². The van der Waals surface area contributed by atoms with Crippen molar-refractivity contribution in [1.82, 2.24) is 9.97 Å². The van der Waals surface area contributed by atoms with E-state index in [1.54, 1.807) is 6.92 Å². The molecule has 1 fully saturated rings. The minimum absolute atomic E-state index is 0.0499. The first kappa shape index (κ1) is 10.7. The van der Waals surface area contributed by atoms with Crippen LogP contribution in [0.4, 0.5) is 0 Å². The second kappa shape index (κ2) is 4.00. The largest absolute Gasteiger partial charge is 0.477 e. The van der Waals surface area contributed by atoms with Gasteiger partial charge in [0.05, 0.1) is 6.42 Å². The molecule has 1 saturated carbocycles. The Morgan fingerprint density at radius 2 is 2.12 bits per heavy atom. The number of Topliss-reactive ketones (excluding diaryl/α,β-unsaturated/α-hetero) is 1. The van der Waals surface area contributed by atoms with Crippen LogP contribution in [0.3, 0.4) is 0 Å². The van der Waals surface area contributed by atoms with Gasteiger partial charge in [0.1, 0.15) is 11.6 Å². The number of carbonyl (C=O) groups is 2. The molecule has 0 aromatic carbocycles. The van der Waals surface area contributed by atoms with Gasteiger partial charge < -0.3 is 5.11 Å². The number of aromatic nitrogens is 2. The van der Waals surface area contributed by atoms with Gasteiger partial charge in [0, 0.05) is 11.6 Å². The number of nitrogens with zero attached hydrogens (tertiary/aromatic N) is 2. The summed E-state index contributed by atoms with van der Waals surface area (Å²) in [6.07, 6.45) is 2.03. The maximum atomic E-state index is 11.5. The smallest absolute Gasteiger partial charge is 0.354 e. The molecule has 0 atom stereocenters. The second-order valence-electron chi connectivity index (χ2n) is 4.03. The Bertz CT molecular complexity index is 453. The van der Waals surface area contributed by atoms with Crippen molar-refractivity contribution in [3.8, 4) is 0 Å². The molecular formula is C11H12N2O3. The van der Waals surface area contributed by atoms with Gasteiger partial charge in [0.25, 0.3) is 0 Å². The first-order chi connectivity index (χ1) is 7.56. The first-order valence-electron chi connectivity index (χ1n) is 5.17. The van der Waals surface area contributed by atoms with Gasteiger partial charge in [-0.15, -0.1) is 0 Å². The van der Waals surface area contributed by atoms with E-state index in [1.165, 1.54) is 6.07 Å². The van der Waals surface area contributed by atoms with Gasteiger partial charge >= 0.3 is 5.97 Å². The molecule has 0 amide bonds. The number of aryl methyl sites for hydroxylation is 1. The lowest BCUT2D eigenvalue weighted by Crippen LogP contribution is -2.12. The molecule has 1 heterocycles. The normalized spacial score (nSPS) is 14.8. The van der Waals surface area contributed by atoms with Crippen LogP contribution < -0.4 is 0 Å². The van der Waals surface area contributed by atoms with Crippen LogP contribution in [-0.2, 0) is 11.2 Å². The third-order valence-electron chi connectivity index (χ3n) is 2.48. The van der Waals surface area contributed by atoms with E-state index in [4.69, 9.17) is 5.11 Å². The lowest BCUT2D eigenvalue weighted by Gasteiger charge is -2.02. The molecule has 84 valence electrons. The Balaban J connectivity index is 2.19. The van der Waals surface area contributed by atoms with Gasteiger partial charge in [-0.1, -0.05) is 0 Å². The summed E-state index contributed by atoms with van der Waals surface area (Å²) in [6, 6.07) is 1.40. The molecule has 1 aromatic heterocycles. The van der Waals surface area contributed by atoms with E-state index < -0.39 is 5.97 Å². The molecule has 1 aliphatic carbocycles. The standard InChI is InChI=1S/C11H12N2O3/c1-6-4-8(11(15)16)13-10(12-6)5-9(14)7-2-3-7/h4,7H,2-3,5H2,1H3,(H,15,16). The van der Waals surface area contributed by atoms with Gasteiger partial charge in [-0.25, -0.2) is 14.8 Å². The molecule has 2 rings (SSSR count). The highest BCUT2D eigenvalue weighted by molar-refractivity contribution is 5.86. The van der Waals surface area contributed by atoms with Gasteiger partial charge in [0.15, 0.2) is 5.69 Å². The van der Waals surface area contributed by atoms with E-state index in [0.717, 1.165) is 12.8 Å². The zero-order valence-electron chi connectivity index (χ0n) is 8.93. The molecule has 1 aromatic rings. The maximum Gasteiger partial charge on any atom is 0.354 e. The van der Waals surface area contributed by atoms with Crippen molar-refractivity contribution in [2.45, 2.75) is 26.2 Å². The molecule has 16 heavy (non-hydrogen) atoms. The zero-order chi connectivity index (χ0) is 11.7. The van der Waals surface area contributed by atoms with Crippen LogP contribution in [0.25, 0.3) is 0 Å². The summed E-state index contributed by atoms with van der Waals surface area (Å²) in [7, 11) is 0. The second-order valence-corrected chi connectivity index (χ2v) is 4.03. The van der Waals surface area contributed by atoms with Crippen LogP contribution in [0, 0.1) is 12.8 Å². The molecule has 0 saturated heterocycles. The lowest BCUT2D eigenvalue weighted by atomic mass is 10.2. The van der Waals surface area contributed by atoms with Crippen molar-refractivity contribution in [3.05, 3.63) is 23.3 Å². The van der Waals surface area contributed by atoms with Crippen molar-refractivity contribution < 1.29 is 14.7 Å². The average Bonchev–Trinajstić information content (AvgIpc) is 2.99. The van der Waals surface area contributed by atoms with E-state index in [1.807, 2.05) is 0 Å². The van der Waals surface area contributed by atoms with Crippen LogP contribution in [0.1, 0.15) is 34.8 Å². The molecule has 0 bridgehead atoms. The summed E-state index contributed by atoms with van der Waals surface area (Å²) in [5, 5.41) is 8.81. The predicted molar refractivity (Wildman–Crippen MR) is 55.2 cm³/mol.